The van der Waals surface area contributed by atoms with Gasteiger partial charge < -0.3 is 9.47 Å². The zero-order valence-electron chi connectivity index (χ0n) is 8.95. The number of hydrogen-bond donors (Lipinski definition) is 0. The van der Waals surface area contributed by atoms with Crippen LogP contribution in [0.2, 0.25) is 0 Å². The molecule has 0 bridgehead atoms. The summed E-state index contributed by atoms with van der Waals surface area (Å²) in [6.07, 6.45) is 0. The Bertz CT molecular complexity index is 380. The molecule has 0 saturated heterocycles. The van der Waals surface area contributed by atoms with E-state index in [-0.39, 0.29) is 17.0 Å². The van der Waals surface area contributed by atoms with Gasteiger partial charge in [0.25, 0.3) is 0 Å². The Hall–Kier alpha value is -1.55. The lowest BCUT2D eigenvalue weighted by Crippen LogP contribution is -2.11. The number of carbonyl (C=O) groups is 2. The van der Waals surface area contributed by atoms with Crippen molar-refractivity contribution in [2.24, 2.45) is 0 Å². The van der Waals surface area contributed by atoms with Crippen LogP contribution in [0, 0.1) is 0 Å². The van der Waals surface area contributed by atoms with Crippen LogP contribution in [0.15, 0.2) is 18.2 Å². The average molecular weight is 243 g/mol. The van der Waals surface area contributed by atoms with Crippen LogP contribution in [0.1, 0.15) is 26.3 Å². The van der Waals surface area contributed by atoms with Crippen molar-refractivity contribution in [3.63, 3.8) is 0 Å². The second-order valence-corrected chi connectivity index (χ2v) is 3.22. The van der Waals surface area contributed by atoms with E-state index in [0.717, 1.165) is 0 Å². The molecule has 5 heteroatoms. The third kappa shape index (κ3) is 2.33. The molecule has 1 aromatic rings. The molecular weight excluding hydrogens is 232 g/mol. The van der Waals surface area contributed by atoms with Crippen LogP contribution in [0.25, 0.3) is 0 Å². The van der Waals surface area contributed by atoms with E-state index in [4.69, 9.17) is 11.6 Å². The number of rotatable bonds is 3. The third-order valence-electron chi connectivity index (χ3n) is 2.12. The van der Waals surface area contributed by atoms with Crippen molar-refractivity contribution < 1.29 is 19.1 Å². The Kier molecular flexibility index (Phi) is 4.31. The maximum absolute atomic E-state index is 11.4. The lowest BCUT2D eigenvalue weighted by Gasteiger charge is -2.09. The molecule has 0 N–H and O–H groups in total. The molecule has 0 saturated carbocycles. The highest BCUT2D eigenvalue weighted by Gasteiger charge is 2.18. The fourth-order valence-electron chi connectivity index (χ4n) is 1.33. The summed E-state index contributed by atoms with van der Waals surface area (Å²) in [6, 6.07) is 4.68. The van der Waals surface area contributed by atoms with Crippen molar-refractivity contribution in [1.82, 2.24) is 0 Å². The summed E-state index contributed by atoms with van der Waals surface area (Å²) in [7, 11) is 2.54. The van der Waals surface area contributed by atoms with Crippen molar-refractivity contribution in [3.05, 3.63) is 34.9 Å². The number of hydrogen-bond acceptors (Lipinski definition) is 4. The van der Waals surface area contributed by atoms with E-state index >= 15 is 0 Å². The SMILES string of the molecule is COC(=O)c1cccc(C(=O)OC)c1CCl. The van der Waals surface area contributed by atoms with Crippen molar-refractivity contribution in [2.45, 2.75) is 5.88 Å². The molecule has 16 heavy (non-hydrogen) atoms. The Labute approximate surface area is 98.1 Å². The molecule has 86 valence electrons. The molecule has 1 aromatic carbocycles. The summed E-state index contributed by atoms with van der Waals surface area (Å²) >= 11 is 5.72. The van der Waals surface area contributed by atoms with Crippen LogP contribution >= 0.6 is 11.6 Å². The van der Waals surface area contributed by atoms with E-state index in [1.54, 1.807) is 18.2 Å². The van der Waals surface area contributed by atoms with Gasteiger partial charge in [0.15, 0.2) is 0 Å². The standard InChI is InChI=1S/C11H11ClO4/c1-15-10(13)7-4-3-5-8(9(7)6-12)11(14)16-2/h3-5H,6H2,1-2H3. The second-order valence-electron chi connectivity index (χ2n) is 2.95. The number of ether oxygens (including phenoxy) is 2. The number of esters is 2. The first-order chi connectivity index (χ1) is 7.65. The van der Waals surface area contributed by atoms with E-state index < -0.39 is 11.9 Å². The van der Waals surface area contributed by atoms with E-state index in [9.17, 15) is 9.59 Å². The largest absolute Gasteiger partial charge is 0.465 e. The normalized spacial score (nSPS) is 9.69. The third-order valence-corrected chi connectivity index (χ3v) is 2.39. The number of benzene rings is 1. The maximum Gasteiger partial charge on any atom is 0.338 e. The summed E-state index contributed by atoms with van der Waals surface area (Å²) in [6.45, 7) is 0. The maximum atomic E-state index is 11.4. The Morgan fingerprint density at radius 1 is 1.12 bits per heavy atom. The van der Waals surface area contributed by atoms with Gasteiger partial charge in [0.1, 0.15) is 0 Å². The first-order valence-electron chi connectivity index (χ1n) is 4.50. The van der Waals surface area contributed by atoms with Gasteiger partial charge in [0.05, 0.1) is 25.3 Å². The van der Waals surface area contributed by atoms with E-state index in [1.165, 1.54) is 14.2 Å². The summed E-state index contributed by atoms with van der Waals surface area (Å²) in [4.78, 5) is 22.8. The predicted molar refractivity (Wildman–Crippen MR) is 58.7 cm³/mol. The van der Waals surface area contributed by atoms with Gasteiger partial charge in [-0.1, -0.05) is 6.07 Å². The van der Waals surface area contributed by atoms with Crippen molar-refractivity contribution in [3.8, 4) is 0 Å². The monoisotopic (exact) mass is 242 g/mol. The molecule has 0 fully saturated rings. The molecule has 0 radical (unpaired) electrons. The molecule has 4 nitrogen and oxygen atoms in total. The van der Waals surface area contributed by atoms with Crippen LogP contribution < -0.4 is 0 Å². The lowest BCUT2D eigenvalue weighted by atomic mass is 10.0. The lowest BCUT2D eigenvalue weighted by molar-refractivity contribution is 0.0597. The van der Waals surface area contributed by atoms with Gasteiger partial charge >= 0.3 is 11.9 Å². The van der Waals surface area contributed by atoms with Crippen molar-refractivity contribution >= 4 is 23.5 Å². The molecule has 0 spiro atoms. The minimum Gasteiger partial charge on any atom is -0.465 e. The fourth-order valence-corrected chi connectivity index (χ4v) is 1.62. The zero-order chi connectivity index (χ0) is 12.1. The topological polar surface area (TPSA) is 52.6 Å². The highest BCUT2D eigenvalue weighted by atomic mass is 35.5. The number of methoxy groups -OCH3 is 2. The quantitative estimate of drug-likeness (QED) is 0.601. The van der Waals surface area contributed by atoms with Gasteiger partial charge in [0.2, 0.25) is 0 Å². The molecular formula is C11H11ClO4. The van der Waals surface area contributed by atoms with Crippen LogP contribution in [0.5, 0.6) is 0 Å². The summed E-state index contributed by atoms with van der Waals surface area (Å²) in [5.41, 5.74) is 0.976. The first-order valence-corrected chi connectivity index (χ1v) is 5.03. The Balaban J connectivity index is 3.31. The molecule has 0 heterocycles. The van der Waals surface area contributed by atoms with Gasteiger partial charge in [-0.3, -0.25) is 0 Å². The zero-order valence-corrected chi connectivity index (χ0v) is 9.71. The van der Waals surface area contributed by atoms with Gasteiger partial charge in [-0.25, -0.2) is 9.59 Å². The smallest absolute Gasteiger partial charge is 0.338 e. The van der Waals surface area contributed by atoms with Crippen molar-refractivity contribution in [2.75, 3.05) is 14.2 Å². The highest BCUT2D eigenvalue weighted by molar-refractivity contribution is 6.18. The Morgan fingerprint density at radius 3 is 1.88 bits per heavy atom. The van der Waals surface area contributed by atoms with Crippen LogP contribution in [0.4, 0.5) is 0 Å². The van der Waals surface area contributed by atoms with E-state index in [2.05, 4.69) is 9.47 Å². The van der Waals surface area contributed by atoms with Crippen LogP contribution in [-0.4, -0.2) is 26.2 Å². The minimum absolute atomic E-state index is 0.0374. The molecule has 0 aliphatic heterocycles. The highest BCUT2D eigenvalue weighted by Crippen LogP contribution is 2.19. The summed E-state index contributed by atoms with van der Waals surface area (Å²) < 4.78 is 9.19. The van der Waals surface area contributed by atoms with Crippen LogP contribution in [-0.2, 0) is 15.4 Å². The number of carbonyl (C=O) groups excluding carboxylic acids is 2. The predicted octanol–water partition coefficient (Wildman–Crippen LogP) is 2.00. The van der Waals surface area contributed by atoms with Gasteiger partial charge in [-0.05, 0) is 17.7 Å². The molecule has 0 aromatic heterocycles. The van der Waals surface area contributed by atoms with E-state index in [1.807, 2.05) is 0 Å². The van der Waals surface area contributed by atoms with E-state index in [0.29, 0.717) is 5.56 Å². The van der Waals surface area contributed by atoms with Crippen LogP contribution in [0.3, 0.4) is 0 Å². The van der Waals surface area contributed by atoms with Gasteiger partial charge in [-0.2, -0.15) is 0 Å². The fraction of sp³-hybridized carbons (Fsp3) is 0.273. The minimum atomic E-state index is -0.526. The molecule has 0 amide bonds. The average Bonchev–Trinajstić information content (AvgIpc) is 2.35. The molecule has 0 unspecified atom stereocenters. The molecule has 0 atom stereocenters. The van der Waals surface area contributed by atoms with Gasteiger partial charge in [-0.15, -0.1) is 11.6 Å². The Morgan fingerprint density at radius 2 is 1.56 bits per heavy atom. The second kappa shape index (κ2) is 5.51. The first kappa shape index (κ1) is 12.5. The number of halogens is 1. The van der Waals surface area contributed by atoms with Gasteiger partial charge in [0, 0.05) is 5.88 Å². The summed E-state index contributed by atoms with van der Waals surface area (Å²) in [5.74, 6) is -1.02. The number of alkyl halides is 1. The van der Waals surface area contributed by atoms with Crippen molar-refractivity contribution in [1.29, 1.82) is 0 Å². The molecule has 0 aliphatic carbocycles. The molecule has 1 rings (SSSR count). The molecule has 0 aliphatic rings. The summed E-state index contributed by atoms with van der Waals surface area (Å²) in [5, 5.41) is 0.